The van der Waals surface area contributed by atoms with Crippen LogP contribution in [0.15, 0.2) is 18.2 Å². The molecule has 0 spiro atoms. The summed E-state index contributed by atoms with van der Waals surface area (Å²) in [7, 11) is 0. The van der Waals surface area contributed by atoms with Gasteiger partial charge in [-0.15, -0.1) is 5.10 Å². The second-order valence-electron chi connectivity index (χ2n) is 6.15. The summed E-state index contributed by atoms with van der Waals surface area (Å²) in [5, 5.41) is 15.7. The van der Waals surface area contributed by atoms with Gasteiger partial charge in [0.05, 0.1) is 12.2 Å². The molecule has 1 aliphatic rings. The van der Waals surface area contributed by atoms with Crippen LogP contribution in [0, 0.1) is 5.92 Å². The van der Waals surface area contributed by atoms with Gasteiger partial charge in [-0.2, -0.15) is 4.68 Å². The first-order valence-electron chi connectivity index (χ1n) is 7.85. The van der Waals surface area contributed by atoms with E-state index in [0.29, 0.717) is 12.5 Å². The molecule has 21 heavy (non-hydrogen) atoms. The molecule has 1 aliphatic carbocycles. The highest BCUT2D eigenvalue weighted by Gasteiger charge is 2.17. The molecule has 112 valence electrons. The van der Waals surface area contributed by atoms with Gasteiger partial charge in [0.15, 0.2) is 5.82 Å². The third-order valence-electron chi connectivity index (χ3n) is 3.97. The minimum absolute atomic E-state index is 0.624. The van der Waals surface area contributed by atoms with Crippen molar-refractivity contribution < 1.29 is 0 Å². The van der Waals surface area contributed by atoms with Crippen LogP contribution in [0.5, 0.6) is 0 Å². The Hall–Kier alpha value is -1.75. The van der Waals surface area contributed by atoms with Crippen LogP contribution in [-0.2, 0) is 19.4 Å². The molecule has 0 unspecified atom stereocenters. The Labute approximate surface area is 125 Å². The number of rotatable bonds is 5. The first kappa shape index (κ1) is 14.2. The zero-order valence-corrected chi connectivity index (χ0v) is 12.8. The largest absolute Gasteiger partial charge is 0.310 e. The van der Waals surface area contributed by atoms with Gasteiger partial charge in [0, 0.05) is 0 Å². The number of fused-ring (bicyclic) bond motifs is 1. The molecule has 0 saturated carbocycles. The summed E-state index contributed by atoms with van der Waals surface area (Å²) in [6, 6.07) is 6.48. The highest BCUT2D eigenvalue weighted by Crippen LogP contribution is 2.26. The fourth-order valence-corrected chi connectivity index (χ4v) is 2.94. The summed E-state index contributed by atoms with van der Waals surface area (Å²) in [5.74, 6) is 1.51. The smallest absolute Gasteiger partial charge is 0.170 e. The van der Waals surface area contributed by atoms with Gasteiger partial charge < -0.3 is 5.32 Å². The van der Waals surface area contributed by atoms with E-state index in [1.54, 1.807) is 0 Å². The molecule has 1 aromatic heterocycles. The van der Waals surface area contributed by atoms with Crippen molar-refractivity contribution >= 4 is 0 Å². The van der Waals surface area contributed by atoms with Gasteiger partial charge in [-0.3, -0.25) is 0 Å². The number of aryl methyl sites for hydroxylation is 1. The van der Waals surface area contributed by atoms with E-state index in [2.05, 4.69) is 52.9 Å². The summed E-state index contributed by atoms with van der Waals surface area (Å²) < 4.78 is 1.90. The average molecular weight is 285 g/mol. The summed E-state index contributed by atoms with van der Waals surface area (Å²) in [5.41, 5.74) is 4.02. The monoisotopic (exact) mass is 285 g/mol. The fraction of sp³-hybridized carbons (Fsp3) is 0.562. The number of hydrogen-bond acceptors (Lipinski definition) is 4. The highest BCUT2D eigenvalue weighted by molar-refractivity contribution is 5.47. The van der Waals surface area contributed by atoms with Crippen molar-refractivity contribution in [2.75, 3.05) is 6.54 Å². The molecule has 5 heteroatoms. The van der Waals surface area contributed by atoms with Gasteiger partial charge in [0.25, 0.3) is 0 Å². The summed E-state index contributed by atoms with van der Waals surface area (Å²) in [6.07, 6.45) is 4.85. The minimum atomic E-state index is 0.624. The Balaban J connectivity index is 1.86. The number of hydrogen-bond donors (Lipinski definition) is 1. The van der Waals surface area contributed by atoms with Crippen LogP contribution in [0.3, 0.4) is 0 Å². The first-order chi connectivity index (χ1) is 10.3. The van der Waals surface area contributed by atoms with E-state index < -0.39 is 0 Å². The van der Waals surface area contributed by atoms with E-state index in [9.17, 15) is 0 Å². The number of nitrogens with zero attached hydrogens (tertiary/aromatic N) is 4. The van der Waals surface area contributed by atoms with E-state index in [4.69, 9.17) is 0 Å². The minimum Gasteiger partial charge on any atom is -0.310 e. The number of aromatic nitrogens is 4. The van der Waals surface area contributed by atoms with Crippen molar-refractivity contribution in [3.8, 4) is 5.69 Å². The molecule has 5 nitrogen and oxygen atoms in total. The second kappa shape index (κ2) is 6.35. The van der Waals surface area contributed by atoms with Gasteiger partial charge in [-0.25, -0.2) is 0 Å². The maximum atomic E-state index is 4.21. The van der Waals surface area contributed by atoms with Gasteiger partial charge in [-0.1, -0.05) is 26.0 Å². The summed E-state index contributed by atoms with van der Waals surface area (Å²) >= 11 is 0. The molecule has 2 aromatic rings. The van der Waals surface area contributed by atoms with Gasteiger partial charge in [-0.05, 0) is 65.8 Å². The van der Waals surface area contributed by atoms with Crippen molar-refractivity contribution in [3.05, 3.63) is 35.2 Å². The summed E-state index contributed by atoms with van der Waals surface area (Å²) in [4.78, 5) is 0. The van der Waals surface area contributed by atoms with E-state index in [1.165, 1.54) is 30.4 Å². The lowest BCUT2D eigenvalue weighted by molar-refractivity contribution is 0.537. The predicted octanol–water partition coefficient (Wildman–Crippen LogP) is 2.29. The molecular formula is C16H23N5. The van der Waals surface area contributed by atoms with Gasteiger partial charge in [0.1, 0.15) is 0 Å². The number of benzene rings is 1. The van der Waals surface area contributed by atoms with Crippen LogP contribution in [0.1, 0.15) is 43.6 Å². The molecule has 3 rings (SSSR count). The van der Waals surface area contributed by atoms with Crippen molar-refractivity contribution in [1.82, 2.24) is 25.5 Å². The molecule has 1 N–H and O–H groups in total. The Morgan fingerprint density at radius 1 is 1.24 bits per heavy atom. The maximum absolute atomic E-state index is 4.21. The molecule has 1 heterocycles. The quantitative estimate of drug-likeness (QED) is 0.915. The normalized spacial score (nSPS) is 14.4. The average Bonchev–Trinajstić information content (AvgIpc) is 2.94. The molecule has 0 atom stereocenters. The topological polar surface area (TPSA) is 55.6 Å². The molecular weight excluding hydrogens is 262 g/mol. The van der Waals surface area contributed by atoms with Gasteiger partial charge >= 0.3 is 0 Å². The van der Waals surface area contributed by atoms with Crippen LogP contribution in [0.4, 0.5) is 0 Å². The molecule has 1 aromatic carbocycles. The Morgan fingerprint density at radius 3 is 2.95 bits per heavy atom. The summed E-state index contributed by atoms with van der Waals surface area (Å²) in [6.45, 7) is 6.07. The molecule has 0 amide bonds. The molecule has 0 fully saturated rings. The van der Waals surface area contributed by atoms with Crippen molar-refractivity contribution in [2.45, 2.75) is 46.1 Å². The van der Waals surface area contributed by atoms with E-state index in [0.717, 1.165) is 24.5 Å². The van der Waals surface area contributed by atoms with Crippen molar-refractivity contribution in [2.24, 2.45) is 5.92 Å². The maximum Gasteiger partial charge on any atom is 0.170 e. The molecule has 0 bridgehead atoms. The highest BCUT2D eigenvalue weighted by atomic mass is 15.5. The lowest BCUT2D eigenvalue weighted by Crippen LogP contribution is -2.22. The van der Waals surface area contributed by atoms with E-state index in [-0.39, 0.29) is 0 Å². The number of nitrogens with one attached hydrogen (secondary N) is 1. The molecule has 0 radical (unpaired) electrons. The Kier molecular flexibility index (Phi) is 4.29. The zero-order chi connectivity index (χ0) is 14.7. The first-order valence-corrected chi connectivity index (χ1v) is 7.85. The molecule has 0 aliphatic heterocycles. The van der Waals surface area contributed by atoms with E-state index in [1.807, 2.05) is 4.68 Å². The number of tetrazole rings is 1. The molecule has 0 saturated heterocycles. The zero-order valence-electron chi connectivity index (χ0n) is 12.8. The van der Waals surface area contributed by atoms with E-state index >= 15 is 0 Å². The van der Waals surface area contributed by atoms with Crippen LogP contribution >= 0.6 is 0 Å². The van der Waals surface area contributed by atoms with Crippen LogP contribution in [0.2, 0.25) is 0 Å². The third-order valence-corrected chi connectivity index (χ3v) is 3.97. The lowest BCUT2D eigenvalue weighted by Gasteiger charge is -2.19. The van der Waals surface area contributed by atoms with Crippen molar-refractivity contribution in [3.63, 3.8) is 0 Å². The van der Waals surface area contributed by atoms with Crippen LogP contribution in [-0.4, -0.2) is 26.8 Å². The van der Waals surface area contributed by atoms with Gasteiger partial charge in [0.2, 0.25) is 0 Å². The second-order valence-corrected chi connectivity index (χ2v) is 6.15. The SMILES string of the molecule is CC(C)CNCc1nnnn1-c1cccc2c1CCCC2. The Morgan fingerprint density at radius 2 is 2.10 bits per heavy atom. The Bertz CT molecular complexity index is 602. The van der Waals surface area contributed by atoms with Crippen LogP contribution in [0.25, 0.3) is 5.69 Å². The standard InChI is InChI=1S/C16H23N5/c1-12(2)10-17-11-16-18-19-20-21(16)15-9-5-7-13-6-3-4-8-14(13)15/h5,7,9,12,17H,3-4,6,8,10-11H2,1-2H3. The van der Waals surface area contributed by atoms with Crippen LogP contribution < -0.4 is 5.32 Å². The lowest BCUT2D eigenvalue weighted by atomic mass is 9.90. The fourth-order valence-electron chi connectivity index (χ4n) is 2.94. The van der Waals surface area contributed by atoms with Crippen molar-refractivity contribution in [1.29, 1.82) is 0 Å². The predicted molar refractivity (Wildman–Crippen MR) is 82.3 cm³/mol. The third kappa shape index (κ3) is 3.13.